The minimum atomic E-state index is -3.58. The molecule has 0 bridgehead atoms. The Bertz CT molecular complexity index is 503. The van der Waals surface area contributed by atoms with Crippen LogP contribution in [0, 0.1) is 0 Å². The molecule has 0 saturated carbocycles. The molecule has 0 aliphatic heterocycles. The second-order valence-corrected chi connectivity index (χ2v) is 4.32. The second-order valence-electron chi connectivity index (χ2n) is 2.59. The third kappa shape index (κ3) is 2.19. The van der Waals surface area contributed by atoms with E-state index in [9.17, 15) is 8.42 Å². The third-order valence-corrected chi connectivity index (χ3v) is 2.92. The topological polar surface area (TPSA) is 114 Å². The molecule has 2 aromatic rings. The van der Waals surface area contributed by atoms with Gasteiger partial charge in [0.15, 0.2) is 10.9 Å². The highest BCUT2D eigenvalue weighted by molar-refractivity contribution is 7.89. The van der Waals surface area contributed by atoms with Crippen molar-refractivity contribution < 1.29 is 12.9 Å². The number of aromatic nitrogens is 4. The molecular weight excluding hydrogens is 222 g/mol. The molecule has 2 rings (SSSR count). The predicted octanol–water partition coefficient (Wildman–Crippen LogP) is -0.729. The van der Waals surface area contributed by atoms with Gasteiger partial charge in [-0.25, -0.2) is 18.1 Å². The lowest BCUT2D eigenvalue weighted by Gasteiger charge is -2.00. The number of sulfonamides is 1. The Morgan fingerprint density at radius 3 is 3.00 bits per heavy atom. The molecule has 0 aliphatic carbocycles. The van der Waals surface area contributed by atoms with Crippen LogP contribution in [0.3, 0.4) is 0 Å². The van der Waals surface area contributed by atoms with Gasteiger partial charge < -0.3 is 9.51 Å². The third-order valence-electron chi connectivity index (χ3n) is 1.59. The lowest BCUT2D eigenvalue weighted by Crippen LogP contribution is -2.24. The van der Waals surface area contributed by atoms with Gasteiger partial charge in [0, 0.05) is 0 Å². The molecule has 15 heavy (non-hydrogen) atoms. The summed E-state index contributed by atoms with van der Waals surface area (Å²) in [5.41, 5.74) is 0. The molecule has 0 aromatic carbocycles. The normalized spacial score (nSPS) is 11.7. The van der Waals surface area contributed by atoms with Crippen LogP contribution in [0.25, 0.3) is 0 Å². The smallest absolute Gasteiger partial charge is 0.258 e. The number of H-pyrrole nitrogens is 1. The van der Waals surface area contributed by atoms with Crippen molar-refractivity contribution >= 4 is 10.0 Å². The van der Waals surface area contributed by atoms with Gasteiger partial charge in [-0.3, -0.25) is 0 Å². The van der Waals surface area contributed by atoms with Crippen LogP contribution in [0.5, 0.6) is 0 Å². The van der Waals surface area contributed by atoms with E-state index in [2.05, 4.69) is 29.4 Å². The molecule has 8 nitrogen and oxygen atoms in total. The molecule has 0 saturated heterocycles. The summed E-state index contributed by atoms with van der Waals surface area (Å²) >= 11 is 0. The lowest BCUT2D eigenvalue weighted by molar-refractivity contribution is 0.409. The van der Waals surface area contributed by atoms with E-state index in [-0.39, 0.29) is 17.4 Å². The van der Waals surface area contributed by atoms with Crippen molar-refractivity contribution in [1.29, 1.82) is 0 Å². The van der Waals surface area contributed by atoms with Gasteiger partial charge in [0.2, 0.25) is 6.39 Å². The van der Waals surface area contributed by atoms with E-state index in [0.29, 0.717) is 0 Å². The van der Waals surface area contributed by atoms with Crippen LogP contribution < -0.4 is 4.72 Å². The summed E-state index contributed by atoms with van der Waals surface area (Å²) in [5.74, 6) is 0.262. The molecule has 2 aromatic heterocycles. The lowest BCUT2D eigenvalue weighted by atomic mass is 10.6. The van der Waals surface area contributed by atoms with Crippen molar-refractivity contribution in [3.8, 4) is 0 Å². The van der Waals surface area contributed by atoms with Crippen LogP contribution in [0.4, 0.5) is 0 Å². The minimum absolute atomic E-state index is 0.00834. The Hall–Kier alpha value is -1.74. The summed E-state index contributed by atoms with van der Waals surface area (Å²) in [4.78, 5) is 9.76. The minimum Gasteiger partial charge on any atom is -0.343 e. The fourth-order valence-corrected chi connectivity index (χ4v) is 1.78. The van der Waals surface area contributed by atoms with Gasteiger partial charge in [-0.05, 0) is 0 Å². The molecule has 80 valence electrons. The zero-order chi connectivity index (χ0) is 10.7. The average molecular weight is 229 g/mol. The van der Waals surface area contributed by atoms with Crippen LogP contribution in [-0.4, -0.2) is 28.5 Å². The van der Waals surface area contributed by atoms with Crippen molar-refractivity contribution in [1.82, 2.24) is 24.8 Å². The number of rotatable bonds is 4. The molecule has 0 amide bonds. The standard InChI is InChI=1S/C6H7N5O3S/c12-15(13,6-2-7-3-8-6)10-1-5-9-4-14-11-5/h2-4,10H,1H2,(H,7,8). The van der Waals surface area contributed by atoms with Gasteiger partial charge in [-0.2, -0.15) is 4.98 Å². The Kier molecular flexibility index (Phi) is 2.47. The number of aromatic amines is 1. The first-order valence-corrected chi connectivity index (χ1v) is 5.40. The molecule has 0 spiro atoms. The van der Waals surface area contributed by atoms with Gasteiger partial charge in [0.1, 0.15) is 0 Å². The van der Waals surface area contributed by atoms with E-state index in [1.54, 1.807) is 0 Å². The quantitative estimate of drug-likeness (QED) is 0.714. The molecule has 9 heteroatoms. The Balaban J connectivity index is 2.06. The second kappa shape index (κ2) is 3.79. The first kappa shape index (κ1) is 9.80. The molecular formula is C6H7N5O3S. The van der Waals surface area contributed by atoms with E-state index >= 15 is 0 Å². The average Bonchev–Trinajstić information content (AvgIpc) is 2.88. The van der Waals surface area contributed by atoms with Crippen molar-refractivity contribution in [3.05, 3.63) is 24.7 Å². The monoisotopic (exact) mass is 229 g/mol. The number of hydrogen-bond acceptors (Lipinski definition) is 6. The molecule has 0 aliphatic rings. The van der Waals surface area contributed by atoms with Crippen LogP contribution in [0.15, 0.2) is 28.5 Å². The molecule has 0 radical (unpaired) electrons. The number of nitrogens with zero attached hydrogens (tertiary/aromatic N) is 3. The Morgan fingerprint density at radius 2 is 2.40 bits per heavy atom. The predicted molar refractivity (Wildman–Crippen MR) is 46.9 cm³/mol. The van der Waals surface area contributed by atoms with Gasteiger partial charge >= 0.3 is 0 Å². The van der Waals surface area contributed by atoms with Crippen molar-refractivity contribution in [2.75, 3.05) is 0 Å². The maximum atomic E-state index is 11.5. The first-order chi connectivity index (χ1) is 7.18. The van der Waals surface area contributed by atoms with Crippen LogP contribution in [0.2, 0.25) is 0 Å². The fraction of sp³-hybridized carbons (Fsp3) is 0.167. The SMILES string of the molecule is O=S(=O)(NCc1ncon1)c1cnc[nH]1. The summed E-state index contributed by atoms with van der Waals surface area (Å²) in [5, 5.41) is 3.45. The summed E-state index contributed by atoms with van der Waals surface area (Å²) in [6, 6.07) is 0. The molecule has 2 N–H and O–H groups in total. The van der Waals surface area contributed by atoms with Crippen molar-refractivity contribution in [2.45, 2.75) is 11.6 Å². The fourth-order valence-electron chi connectivity index (χ4n) is 0.898. The van der Waals surface area contributed by atoms with Gasteiger partial charge in [-0.15, -0.1) is 0 Å². The maximum Gasteiger partial charge on any atom is 0.258 e. The number of imidazole rings is 1. The largest absolute Gasteiger partial charge is 0.343 e. The van der Waals surface area contributed by atoms with Crippen molar-refractivity contribution in [2.24, 2.45) is 0 Å². The summed E-state index contributed by atoms with van der Waals surface area (Å²) < 4.78 is 29.8. The summed E-state index contributed by atoms with van der Waals surface area (Å²) in [6.45, 7) is -0.0299. The van der Waals surface area contributed by atoms with Gasteiger partial charge in [0.05, 0.1) is 19.1 Å². The molecule has 0 atom stereocenters. The first-order valence-electron chi connectivity index (χ1n) is 3.92. The Morgan fingerprint density at radius 1 is 1.53 bits per heavy atom. The van der Waals surface area contributed by atoms with E-state index in [1.807, 2.05) is 0 Å². The van der Waals surface area contributed by atoms with E-state index < -0.39 is 10.0 Å². The number of nitrogens with one attached hydrogen (secondary N) is 2. The van der Waals surface area contributed by atoms with E-state index in [4.69, 9.17) is 0 Å². The highest BCUT2D eigenvalue weighted by Gasteiger charge is 2.15. The Labute approximate surface area is 84.8 Å². The van der Waals surface area contributed by atoms with Crippen LogP contribution in [-0.2, 0) is 16.6 Å². The van der Waals surface area contributed by atoms with E-state index in [0.717, 1.165) is 6.39 Å². The number of hydrogen-bond donors (Lipinski definition) is 2. The van der Waals surface area contributed by atoms with Crippen molar-refractivity contribution in [3.63, 3.8) is 0 Å². The van der Waals surface area contributed by atoms with E-state index in [1.165, 1.54) is 12.5 Å². The summed E-state index contributed by atoms with van der Waals surface area (Å²) in [6.07, 6.45) is 3.61. The molecule has 2 heterocycles. The zero-order valence-corrected chi connectivity index (χ0v) is 8.23. The maximum absolute atomic E-state index is 11.5. The highest BCUT2D eigenvalue weighted by atomic mass is 32.2. The molecule has 0 unspecified atom stereocenters. The zero-order valence-electron chi connectivity index (χ0n) is 7.41. The molecule has 0 fully saturated rings. The highest BCUT2D eigenvalue weighted by Crippen LogP contribution is 2.02. The van der Waals surface area contributed by atoms with Gasteiger partial charge in [0.25, 0.3) is 10.0 Å². The van der Waals surface area contributed by atoms with Crippen LogP contribution >= 0.6 is 0 Å². The van der Waals surface area contributed by atoms with Gasteiger partial charge in [-0.1, -0.05) is 5.16 Å². The summed E-state index contributed by atoms with van der Waals surface area (Å²) in [7, 11) is -3.58. The van der Waals surface area contributed by atoms with Crippen LogP contribution in [0.1, 0.15) is 5.82 Å².